The fraction of sp³-hybridized carbons (Fsp3) is 0.174. The SMILES string of the molecule is O=CO.Oc1cccc(C2CN(Cc3cn[nH]c3-c3ccc(F)cc3)Cc3[nH]cnc32)c1. The minimum atomic E-state index is -0.258. The molecule has 0 amide bonds. The average molecular weight is 435 g/mol. The highest BCUT2D eigenvalue weighted by Gasteiger charge is 2.29. The summed E-state index contributed by atoms with van der Waals surface area (Å²) in [5.74, 6) is 0.0648. The first-order chi connectivity index (χ1) is 15.6. The number of phenols is 1. The summed E-state index contributed by atoms with van der Waals surface area (Å²) in [6.07, 6.45) is 3.55. The Bertz CT molecular complexity index is 1190. The van der Waals surface area contributed by atoms with Crippen LogP contribution in [0.25, 0.3) is 11.3 Å². The summed E-state index contributed by atoms with van der Waals surface area (Å²) in [5.41, 5.74) is 5.99. The van der Waals surface area contributed by atoms with Gasteiger partial charge in [-0.05, 0) is 42.0 Å². The molecule has 1 unspecified atom stereocenters. The van der Waals surface area contributed by atoms with E-state index in [9.17, 15) is 9.50 Å². The molecule has 0 fully saturated rings. The van der Waals surface area contributed by atoms with Crippen molar-refractivity contribution in [1.29, 1.82) is 0 Å². The second kappa shape index (κ2) is 9.44. The third kappa shape index (κ3) is 4.52. The summed E-state index contributed by atoms with van der Waals surface area (Å²) in [6.45, 7) is 1.96. The third-order valence-electron chi connectivity index (χ3n) is 5.42. The molecular weight excluding hydrogens is 413 g/mol. The first-order valence-electron chi connectivity index (χ1n) is 9.98. The molecule has 0 radical (unpaired) electrons. The second-order valence-corrected chi connectivity index (χ2v) is 7.47. The van der Waals surface area contributed by atoms with Crippen LogP contribution in [-0.2, 0) is 17.9 Å². The lowest BCUT2D eigenvalue weighted by atomic mass is 9.90. The number of nitrogens with one attached hydrogen (secondary N) is 2. The number of imidazole rings is 1. The van der Waals surface area contributed by atoms with Crippen molar-refractivity contribution in [3.05, 3.63) is 89.4 Å². The van der Waals surface area contributed by atoms with Gasteiger partial charge in [-0.1, -0.05) is 12.1 Å². The molecule has 0 bridgehead atoms. The van der Waals surface area contributed by atoms with Crippen LogP contribution in [0.15, 0.2) is 61.1 Å². The molecule has 1 aliphatic heterocycles. The predicted octanol–water partition coefficient (Wildman–Crippen LogP) is 3.49. The van der Waals surface area contributed by atoms with E-state index in [2.05, 4.69) is 25.1 Å². The number of H-pyrrole nitrogens is 2. The highest BCUT2D eigenvalue weighted by atomic mass is 19.1. The minimum absolute atomic E-state index is 0.0678. The maximum Gasteiger partial charge on any atom is 0.290 e. The molecule has 8 nitrogen and oxygen atoms in total. The molecule has 1 atom stereocenters. The maximum absolute atomic E-state index is 13.3. The Kier molecular flexibility index (Phi) is 6.27. The molecule has 2 aromatic heterocycles. The van der Waals surface area contributed by atoms with Crippen LogP contribution in [0.4, 0.5) is 4.39 Å². The van der Waals surface area contributed by atoms with Crippen LogP contribution in [0, 0.1) is 5.82 Å². The Morgan fingerprint density at radius 3 is 2.75 bits per heavy atom. The van der Waals surface area contributed by atoms with Gasteiger partial charge in [0, 0.05) is 36.7 Å². The van der Waals surface area contributed by atoms with E-state index in [1.807, 2.05) is 18.3 Å². The van der Waals surface area contributed by atoms with Gasteiger partial charge in [0.05, 0.1) is 29.6 Å². The monoisotopic (exact) mass is 435 g/mol. The van der Waals surface area contributed by atoms with E-state index >= 15 is 0 Å². The normalized spacial score (nSPS) is 15.5. The number of aromatic amines is 2. The van der Waals surface area contributed by atoms with Crippen molar-refractivity contribution >= 4 is 6.47 Å². The number of hydrogen-bond acceptors (Lipinski definition) is 5. The Hall–Kier alpha value is -3.98. The number of phenolic OH excluding ortho intramolecular Hbond substituents is 1. The van der Waals surface area contributed by atoms with Gasteiger partial charge >= 0.3 is 0 Å². The van der Waals surface area contributed by atoms with Gasteiger partial charge in [0.1, 0.15) is 11.6 Å². The molecule has 0 saturated carbocycles. The predicted molar refractivity (Wildman–Crippen MR) is 115 cm³/mol. The summed E-state index contributed by atoms with van der Waals surface area (Å²) in [5, 5.41) is 24.1. The van der Waals surface area contributed by atoms with Gasteiger partial charge in [-0.2, -0.15) is 5.10 Å². The number of benzene rings is 2. The maximum atomic E-state index is 13.3. The number of fused-ring (bicyclic) bond motifs is 1. The van der Waals surface area contributed by atoms with Crippen molar-refractivity contribution in [3.63, 3.8) is 0 Å². The largest absolute Gasteiger partial charge is 0.508 e. The molecule has 1 aliphatic rings. The topological polar surface area (TPSA) is 118 Å². The van der Waals surface area contributed by atoms with E-state index < -0.39 is 0 Å². The molecule has 3 heterocycles. The van der Waals surface area contributed by atoms with E-state index in [0.717, 1.165) is 46.9 Å². The Morgan fingerprint density at radius 2 is 2.00 bits per heavy atom. The van der Waals surface area contributed by atoms with Crippen molar-refractivity contribution in [3.8, 4) is 17.0 Å². The van der Waals surface area contributed by atoms with Crippen LogP contribution in [0.5, 0.6) is 5.75 Å². The first-order valence-corrected chi connectivity index (χ1v) is 9.98. The van der Waals surface area contributed by atoms with Crippen molar-refractivity contribution in [2.75, 3.05) is 6.54 Å². The van der Waals surface area contributed by atoms with Crippen LogP contribution in [0.1, 0.15) is 28.4 Å². The number of carbonyl (C=O) groups is 1. The van der Waals surface area contributed by atoms with E-state index in [4.69, 9.17) is 9.90 Å². The van der Waals surface area contributed by atoms with Crippen LogP contribution in [0.2, 0.25) is 0 Å². The van der Waals surface area contributed by atoms with Crippen molar-refractivity contribution in [1.82, 2.24) is 25.1 Å². The summed E-state index contributed by atoms with van der Waals surface area (Å²) in [4.78, 5) is 18.5. The number of halogens is 1. The molecule has 9 heteroatoms. The fourth-order valence-electron chi connectivity index (χ4n) is 4.06. The number of carboxylic acid groups (broad SMARTS) is 1. The highest BCUT2D eigenvalue weighted by molar-refractivity contribution is 5.62. The molecule has 164 valence electrons. The smallest absolute Gasteiger partial charge is 0.290 e. The fourth-order valence-corrected chi connectivity index (χ4v) is 4.06. The van der Waals surface area contributed by atoms with E-state index in [0.29, 0.717) is 6.54 Å². The average Bonchev–Trinajstić information content (AvgIpc) is 3.44. The second-order valence-electron chi connectivity index (χ2n) is 7.47. The molecule has 0 spiro atoms. The highest BCUT2D eigenvalue weighted by Crippen LogP contribution is 2.34. The molecule has 0 saturated heterocycles. The van der Waals surface area contributed by atoms with Gasteiger partial charge in [-0.25, -0.2) is 9.37 Å². The van der Waals surface area contributed by atoms with E-state index in [-0.39, 0.29) is 24.0 Å². The Labute approximate surface area is 183 Å². The molecule has 4 aromatic rings. The lowest BCUT2D eigenvalue weighted by Crippen LogP contribution is -2.33. The Balaban J connectivity index is 0.000000775. The molecular formula is C23H22FN5O3. The third-order valence-corrected chi connectivity index (χ3v) is 5.42. The number of rotatable bonds is 4. The van der Waals surface area contributed by atoms with Gasteiger partial charge in [-0.15, -0.1) is 0 Å². The zero-order valence-electron chi connectivity index (χ0n) is 17.1. The van der Waals surface area contributed by atoms with E-state index in [1.165, 1.54) is 12.1 Å². The van der Waals surface area contributed by atoms with Crippen LogP contribution >= 0.6 is 0 Å². The lowest BCUT2D eigenvalue weighted by Gasteiger charge is -2.32. The summed E-state index contributed by atoms with van der Waals surface area (Å²) in [7, 11) is 0. The zero-order valence-corrected chi connectivity index (χ0v) is 17.1. The van der Waals surface area contributed by atoms with Gasteiger partial charge in [0.25, 0.3) is 6.47 Å². The number of hydrogen-bond donors (Lipinski definition) is 4. The van der Waals surface area contributed by atoms with Gasteiger partial charge in [0.15, 0.2) is 0 Å². The number of aromatic hydroxyl groups is 1. The quantitative estimate of drug-likeness (QED) is 0.365. The van der Waals surface area contributed by atoms with Gasteiger partial charge < -0.3 is 15.2 Å². The van der Waals surface area contributed by atoms with Crippen LogP contribution < -0.4 is 0 Å². The van der Waals surface area contributed by atoms with Crippen molar-refractivity contribution in [2.45, 2.75) is 19.0 Å². The summed E-state index contributed by atoms with van der Waals surface area (Å²) >= 11 is 0. The standard InChI is InChI=1S/C22H20FN5O.CH2O2/c23-17-6-4-14(5-7-17)21-16(9-26-27-21)10-28-11-19(15-2-1-3-18(29)8-15)22-20(12-28)24-13-25-22;2-1-3/h1-9,13,19,29H,10-12H2,(H,24,25)(H,26,27);1H,(H,2,3). The molecule has 2 aromatic carbocycles. The van der Waals surface area contributed by atoms with Crippen molar-refractivity contribution < 1.29 is 19.4 Å². The summed E-state index contributed by atoms with van der Waals surface area (Å²) in [6, 6.07) is 13.8. The lowest BCUT2D eigenvalue weighted by molar-refractivity contribution is -0.122. The van der Waals surface area contributed by atoms with Gasteiger partial charge in [-0.3, -0.25) is 14.8 Å². The summed E-state index contributed by atoms with van der Waals surface area (Å²) < 4.78 is 13.3. The minimum Gasteiger partial charge on any atom is -0.508 e. The van der Waals surface area contributed by atoms with Gasteiger partial charge in [0.2, 0.25) is 0 Å². The molecule has 0 aliphatic carbocycles. The molecule has 32 heavy (non-hydrogen) atoms. The van der Waals surface area contributed by atoms with Crippen LogP contribution in [0.3, 0.4) is 0 Å². The molecule has 4 N–H and O–H groups in total. The van der Waals surface area contributed by atoms with Crippen LogP contribution in [-0.4, -0.2) is 48.3 Å². The van der Waals surface area contributed by atoms with Crippen molar-refractivity contribution in [2.24, 2.45) is 0 Å². The number of aromatic nitrogens is 4. The van der Waals surface area contributed by atoms with E-state index in [1.54, 1.807) is 30.6 Å². The first kappa shape index (κ1) is 21.3. The zero-order chi connectivity index (χ0) is 22.5. The Morgan fingerprint density at radius 1 is 1.22 bits per heavy atom. The molecule has 5 rings (SSSR count). The number of nitrogens with zero attached hydrogens (tertiary/aromatic N) is 3.